The quantitative estimate of drug-likeness (QED) is 0.661. The maximum Gasteiger partial charge on any atom is 0.241 e. The van der Waals surface area contributed by atoms with E-state index in [2.05, 4.69) is 26.0 Å². The summed E-state index contributed by atoms with van der Waals surface area (Å²) in [5.74, 6) is -0.357. The number of benzene rings is 1. The maximum absolute atomic E-state index is 12.1. The monoisotopic (exact) mass is 363 g/mol. The van der Waals surface area contributed by atoms with Crippen LogP contribution in [-0.2, 0) is 14.8 Å². The topological polar surface area (TPSA) is 101 Å². The van der Waals surface area contributed by atoms with Crippen molar-refractivity contribution < 1.29 is 13.2 Å². The van der Waals surface area contributed by atoms with Crippen LogP contribution in [-0.4, -0.2) is 26.9 Å². The number of halogens is 1. The van der Waals surface area contributed by atoms with Gasteiger partial charge >= 0.3 is 0 Å². The second-order valence-corrected chi connectivity index (χ2v) is 6.89. The second-order valence-electron chi connectivity index (χ2n) is 4.32. The molecule has 6 nitrogen and oxygen atoms in total. The van der Waals surface area contributed by atoms with Crippen molar-refractivity contribution in [2.45, 2.75) is 31.2 Å². The van der Waals surface area contributed by atoms with Gasteiger partial charge < -0.3 is 11.1 Å². The highest BCUT2D eigenvalue weighted by atomic mass is 79.9. The fourth-order valence-corrected chi connectivity index (χ4v) is 3.19. The zero-order valence-corrected chi connectivity index (χ0v) is 13.7. The van der Waals surface area contributed by atoms with Gasteiger partial charge in [-0.3, -0.25) is 4.79 Å². The van der Waals surface area contributed by atoms with Gasteiger partial charge in [-0.25, -0.2) is 8.42 Å². The number of sulfonamides is 1. The number of hydrogen-bond acceptors (Lipinski definition) is 4. The normalized spacial score (nSPS) is 12.9. The van der Waals surface area contributed by atoms with Crippen molar-refractivity contribution in [3.8, 4) is 0 Å². The number of anilines is 1. The Kier molecular flexibility index (Phi) is 5.97. The molecule has 0 radical (unpaired) electrons. The summed E-state index contributed by atoms with van der Waals surface area (Å²) in [4.78, 5) is 11.7. The van der Waals surface area contributed by atoms with E-state index < -0.39 is 16.1 Å². The Hall–Kier alpha value is -1.12. The highest BCUT2D eigenvalue weighted by Crippen LogP contribution is 2.23. The van der Waals surface area contributed by atoms with E-state index in [1.165, 1.54) is 25.1 Å². The molecule has 0 saturated heterocycles. The first-order chi connectivity index (χ1) is 9.27. The average Bonchev–Trinajstić information content (AvgIpc) is 2.38. The molecule has 0 saturated carbocycles. The van der Waals surface area contributed by atoms with E-state index >= 15 is 0 Å². The molecule has 0 aliphatic heterocycles. The first-order valence-corrected chi connectivity index (χ1v) is 8.40. The van der Waals surface area contributed by atoms with Crippen molar-refractivity contribution in [3.63, 3.8) is 0 Å². The molecule has 1 atom stereocenters. The Morgan fingerprint density at radius 3 is 2.65 bits per heavy atom. The molecule has 112 valence electrons. The van der Waals surface area contributed by atoms with Gasteiger partial charge in [-0.15, -0.1) is 0 Å². The van der Waals surface area contributed by atoms with Crippen LogP contribution in [0.1, 0.15) is 20.3 Å². The van der Waals surface area contributed by atoms with E-state index in [1.807, 2.05) is 6.92 Å². The molecular formula is C12H18BrN3O3S. The Labute approximate surface area is 127 Å². The lowest BCUT2D eigenvalue weighted by Crippen LogP contribution is -2.44. The largest absolute Gasteiger partial charge is 0.398 e. The minimum atomic E-state index is -3.77. The molecule has 1 amide bonds. The van der Waals surface area contributed by atoms with Crippen LogP contribution >= 0.6 is 15.9 Å². The van der Waals surface area contributed by atoms with Gasteiger partial charge in [0.05, 0.1) is 10.9 Å². The summed E-state index contributed by atoms with van der Waals surface area (Å²) >= 11 is 3.17. The first kappa shape index (κ1) is 16.9. The predicted octanol–water partition coefficient (Wildman–Crippen LogP) is 1.22. The number of nitrogen functional groups attached to an aromatic ring is 1. The molecule has 1 aromatic rings. The summed E-state index contributed by atoms with van der Waals surface area (Å²) in [6, 6.07) is 3.43. The van der Waals surface area contributed by atoms with E-state index in [-0.39, 0.29) is 10.8 Å². The lowest BCUT2D eigenvalue weighted by Gasteiger charge is -2.14. The Morgan fingerprint density at radius 1 is 1.45 bits per heavy atom. The van der Waals surface area contributed by atoms with Crippen LogP contribution in [0.5, 0.6) is 0 Å². The van der Waals surface area contributed by atoms with Crippen molar-refractivity contribution in [2.24, 2.45) is 0 Å². The molecule has 0 aliphatic carbocycles. The molecular weight excluding hydrogens is 346 g/mol. The zero-order valence-electron chi connectivity index (χ0n) is 11.3. The van der Waals surface area contributed by atoms with E-state index in [9.17, 15) is 13.2 Å². The fraction of sp³-hybridized carbons (Fsp3) is 0.417. The number of nitrogens with two attached hydrogens (primary N) is 1. The molecule has 1 rings (SSSR count). The summed E-state index contributed by atoms with van der Waals surface area (Å²) in [7, 11) is -3.77. The van der Waals surface area contributed by atoms with Crippen LogP contribution in [0, 0.1) is 0 Å². The molecule has 8 heteroatoms. The van der Waals surface area contributed by atoms with Crippen molar-refractivity contribution in [1.29, 1.82) is 0 Å². The highest BCUT2D eigenvalue weighted by molar-refractivity contribution is 9.10. The number of carbonyl (C=O) groups excluding carboxylic acids is 1. The first-order valence-electron chi connectivity index (χ1n) is 6.13. The van der Waals surface area contributed by atoms with Crippen molar-refractivity contribution in [3.05, 3.63) is 22.7 Å². The van der Waals surface area contributed by atoms with Gasteiger partial charge in [-0.05, 0) is 47.5 Å². The standard InChI is InChI=1S/C12H18BrN3O3S/c1-3-6-15-12(17)8(2)16-20(18,19)9-4-5-11(14)10(13)7-9/h4-5,7-8,16H,3,6,14H2,1-2H3,(H,15,17). The molecule has 0 spiro atoms. The van der Waals surface area contributed by atoms with Gasteiger partial charge in [0.15, 0.2) is 0 Å². The molecule has 0 heterocycles. The molecule has 1 aromatic carbocycles. The third kappa shape index (κ3) is 4.46. The molecule has 1 unspecified atom stereocenters. The number of carbonyl (C=O) groups is 1. The fourth-order valence-electron chi connectivity index (χ4n) is 1.43. The lowest BCUT2D eigenvalue weighted by molar-refractivity contribution is -0.122. The van der Waals surface area contributed by atoms with Crippen LogP contribution in [0.3, 0.4) is 0 Å². The van der Waals surface area contributed by atoms with Gasteiger partial charge in [-0.2, -0.15) is 4.72 Å². The van der Waals surface area contributed by atoms with Crippen LogP contribution in [0.2, 0.25) is 0 Å². The molecule has 0 aliphatic rings. The van der Waals surface area contributed by atoms with Gasteiger partial charge in [0, 0.05) is 16.7 Å². The van der Waals surface area contributed by atoms with E-state index in [0.29, 0.717) is 16.7 Å². The number of amides is 1. The Bertz CT molecular complexity index is 590. The minimum absolute atomic E-state index is 0.0497. The van der Waals surface area contributed by atoms with Crippen LogP contribution in [0.4, 0.5) is 5.69 Å². The molecule has 0 fully saturated rings. The summed E-state index contributed by atoms with van der Waals surface area (Å²) in [6.07, 6.45) is 0.788. The Balaban J connectivity index is 2.84. The van der Waals surface area contributed by atoms with E-state index in [0.717, 1.165) is 6.42 Å². The summed E-state index contributed by atoms with van der Waals surface area (Å²) < 4.78 is 27.1. The average molecular weight is 364 g/mol. The number of hydrogen-bond donors (Lipinski definition) is 3. The van der Waals surface area contributed by atoms with Crippen LogP contribution in [0.15, 0.2) is 27.6 Å². The van der Waals surface area contributed by atoms with Crippen molar-refractivity contribution in [2.75, 3.05) is 12.3 Å². The molecule has 0 bridgehead atoms. The zero-order chi connectivity index (χ0) is 15.3. The van der Waals surface area contributed by atoms with Crippen LogP contribution in [0.25, 0.3) is 0 Å². The lowest BCUT2D eigenvalue weighted by atomic mass is 10.3. The van der Waals surface area contributed by atoms with Crippen LogP contribution < -0.4 is 15.8 Å². The van der Waals surface area contributed by atoms with E-state index in [1.54, 1.807) is 0 Å². The smallest absolute Gasteiger partial charge is 0.241 e. The second kappa shape index (κ2) is 7.05. The van der Waals surface area contributed by atoms with Gasteiger partial charge in [-0.1, -0.05) is 6.92 Å². The third-order valence-electron chi connectivity index (χ3n) is 2.56. The van der Waals surface area contributed by atoms with Crippen molar-refractivity contribution in [1.82, 2.24) is 10.0 Å². The maximum atomic E-state index is 12.1. The SMILES string of the molecule is CCCNC(=O)C(C)NS(=O)(=O)c1ccc(N)c(Br)c1. The number of nitrogens with one attached hydrogen (secondary N) is 2. The number of rotatable bonds is 6. The molecule has 20 heavy (non-hydrogen) atoms. The van der Waals surface area contributed by atoms with Crippen molar-refractivity contribution >= 4 is 37.5 Å². The summed E-state index contributed by atoms with van der Waals surface area (Å²) in [5.41, 5.74) is 6.05. The third-order valence-corrected chi connectivity index (χ3v) is 4.78. The minimum Gasteiger partial charge on any atom is -0.398 e. The predicted molar refractivity (Wildman–Crippen MR) is 81.6 cm³/mol. The van der Waals surface area contributed by atoms with Gasteiger partial charge in [0.1, 0.15) is 0 Å². The highest BCUT2D eigenvalue weighted by Gasteiger charge is 2.22. The Morgan fingerprint density at radius 2 is 2.10 bits per heavy atom. The molecule has 0 aromatic heterocycles. The van der Waals surface area contributed by atoms with Gasteiger partial charge in [0.2, 0.25) is 15.9 Å². The van der Waals surface area contributed by atoms with E-state index in [4.69, 9.17) is 5.73 Å². The summed E-state index contributed by atoms with van der Waals surface area (Å²) in [6.45, 7) is 3.92. The van der Waals surface area contributed by atoms with Gasteiger partial charge in [0.25, 0.3) is 0 Å². The summed E-state index contributed by atoms with van der Waals surface area (Å²) in [5, 5.41) is 2.63. The molecule has 4 N–H and O–H groups in total.